The fraction of sp³-hybridized carbons (Fsp3) is 0.357. The van der Waals surface area contributed by atoms with Crippen molar-refractivity contribution in [3.05, 3.63) is 88.5 Å². The number of rotatable bonds is 7. The molecule has 0 saturated heterocycles. The highest BCUT2D eigenvalue weighted by Crippen LogP contribution is 2.38. The Bertz CT molecular complexity index is 1330. The van der Waals surface area contributed by atoms with Crippen LogP contribution in [0.15, 0.2) is 54.9 Å². The largest absolute Gasteiger partial charge is 0.350 e. The minimum absolute atomic E-state index is 0.0144. The maximum absolute atomic E-state index is 13.7. The molecule has 1 fully saturated rings. The summed E-state index contributed by atoms with van der Waals surface area (Å²) >= 11 is 0. The minimum Gasteiger partial charge on any atom is -0.350 e. The van der Waals surface area contributed by atoms with Gasteiger partial charge in [0, 0.05) is 19.1 Å². The second-order valence-electron chi connectivity index (χ2n) is 10.1. The van der Waals surface area contributed by atoms with Crippen molar-refractivity contribution in [2.45, 2.75) is 64.8 Å². The Morgan fingerprint density at radius 2 is 1.72 bits per heavy atom. The van der Waals surface area contributed by atoms with Gasteiger partial charge in [0.2, 0.25) is 5.91 Å². The molecule has 3 aromatic rings. The van der Waals surface area contributed by atoms with Crippen LogP contribution < -0.4 is 10.6 Å². The number of benzene rings is 2. The number of carbonyl (C=O) groups excluding carboxylic acids is 3. The highest BCUT2D eigenvalue weighted by atomic mass is 16.2. The highest BCUT2D eigenvalue weighted by molar-refractivity contribution is 6.07. The zero-order chi connectivity index (χ0) is 25.4. The number of carbonyl (C=O) groups is 3. The van der Waals surface area contributed by atoms with E-state index in [0.29, 0.717) is 13.1 Å². The van der Waals surface area contributed by atoms with E-state index in [1.54, 1.807) is 16.4 Å². The van der Waals surface area contributed by atoms with Crippen LogP contribution in [0.2, 0.25) is 0 Å². The van der Waals surface area contributed by atoms with Crippen molar-refractivity contribution < 1.29 is 14.4 Å². The Morgan fingerprint density at radius 3 is 2.42 bits per heavy atom. The van der Waals surface area contributed by atoms with E-state index in [-0.39, 0.29) is 35.8 Å². The van der Waals surface area contributed by atoms with Crippen LogP contribution in [0.5, 0.6) is 0 Å². The van der Waals surface area contributed by atoms with Gasteiger partial charge in [-0.3, -0.25) is 14.4 Å². The zero-order valence-electron chi connectivity index (χ0n) is 20.9. The van der Waals surface area contributed by atoms with E-state index in [4.69, 9.17) is 0 Å². The third-order valence-corrected chi connectivity index (χ3v) is 6.99. The number of hydrogen-bond acceptors (Lipinski definition) is 4. The van der Waals surface area contributed by atoms with Crippen LogP contribution in [-0.4, -0.2) is 43.8 Å². The van der Waals surface area contributed by atoms with Crippen LogP contribution >= 0.6 is 0 Å². The molecule has 2 aliphatic rings. The summed E-state index contributed by atoms with van der Waals surface area (Å²) in [5, 5.41) is 5.90. The first-order chi connectivity index (χ1) is 17.3. The fourth-order valence-corrected chi connectivity index (χ4v) is 4.89. The first-order valence-corrected chi connectivity index (χ1v) is 12.3. The summed E-state index contributed by atoms with van der Waals surface area (Å²) in [6.07, 6.45) is 3.18. The topological polar surface area (TPSA) is 96.3 Å². The molecule has 2 N–H and O–H groups in total. The average Bonchev–Trinajstić information content (AvgIpc) is 3.59. The standard InChI is InChI=1S/C28H31N5O3/c1-18-7-9-20(10-8-18)14-30-27(36)28(3)16-32-17-31-23(24(32)26(35)33(28)22-11-12-22)25(34)29-15-21-6-4-5-19(2)13-21/h4-10,13,17,22H,11-12,14-16H2,1-3H3,(H,29,34)(H,30,36)/t28-/m0/s1. The number of aryl methyl sites for hydroxylation is 2. The van der Waals surface area contributed by atoms with Crippen LogP contribution in [0.3, 0.4) is 0 Å². The lowest BCUT2D eigenvalue weighted by molar-refractivity contribution is -0.133. The Balaban J connectivity index is 1.35. The molecule has 1 aliphatic carbocycles. The van der Waals surface area contributed by atoms with E-state index in [1.807, 2.05) is 62.4 Å². The van der Waals surface area contributed by atoms with Gasteiger partial charge >= 0.3 is 0 Å². The van der Waals surface area contributed by atoms with E-state index in [0.717, 1.165) is 35.1 Å². The Kier molecular flexibility index (Phi) is 6.12. The molecule has 0 bridgehead atoms. The molecule has 1 atom stereocenters. The number of hydrogen-bond donors (Lipinski definition) is 2. The molecule has 36 heavy (non-hydrogen) atoms. The summed E-state index contributed by atoms with van der Waals surface area (Å²) in [7, 11) is 0. The second kappa shape index (κ2) is 9.26. The molecule has 2 heterocycles. The molecular formula is C28H31N5O3. The van der Waals surface area contributed by atoms with Gasteiger partial charge in [-0.2, -0.15) is 0 Å². The van der Waals surface area contributed by atoms with Crippen LogP contribution in [0, 0.1) is 13.8 Å². The summed E-state index contributed by atoms with van der Waals surface area (Å²) in [6.45, 7) is 6.77. The van der Waals surface area contributed by atoms with Gasteiger partial charge in [-0.15, -0.1) is 0 Å². The third kappa shape index (κ3) is 4.51. The molecule has 0 spiro atoms. The predicted molar refractivity (Wildman–Crippen MR) is 135 cm³/mol. The maximum atomic E-state index is 13.7. The van der Waals surface area contributed by atoms with E-state index >= 15 is 0 Å². The number of imidazole rings is 1. The van der Waals surface area contributed by atoms with E-state index in [9.17, 15) is 14.4 Å². The van der Waals surface area contributed by atoms with Gasteiger partial charge in [-0.25, -0.2) is 4.98 Å². The predicted octanol–water partition coefficient (Wildman–Crippen LogP) is 3.12. The van der Waals surface area contributed by atoms with E-state index in [2.05, 4.69) is 15.6 Å². The molecule has 0 radical (unpaired) electrons. The summed E-state index contributed by atoms with van der Waals surface area (Å²) < 4.78 is 1.65. The minimum atomic E-state index is -1.08. The van der Waals surface area contributed by atoms with Gasteiger partial charge in [-0.1, -0.05) is 59.7 Å². The van der Waals surface area contributed by atoms with Crippen molar-refractivity contribution in [2.24, 2.45) is 0 Å². The molecule has 5 rings (SSSR count). The lowest BCUT2D eigenvalue weighted by atomic mass is 9.93. The summed E-state index contributed by atoms with van der Waals surface area (Å²) in [5.74, 6) is -0.940. The van der Waals surface area contributed by atoms with Gasteiger partial charge in [-0.05, 0) is 44.7 Å². The number of aromatic nitrogens is 2. The zero-order valence-corrected chi connectivity index (χ0v) is 20.9. The Morgan fingerprint density at radius 1 is 1.00 bits per heavy atom. The van der Waals surface area contributed by atoms with Crippen molar-refractivity contribution in [1.82, 2.24) is 25.1 Å². The van der Waals surface area contributed by atoms with Crippen LogP contribution in [0.4, 0.5) is 0 Å². The van der Waals surface area contributed by atoms with Crippen molar-refractivity contribution in [2.75, 3.05) is 0 Å². The van der Waals surface area contributed by atoms with Crippen molar-refractivity contribution in [3.63, 3.8) is 0 Å². The molecule has 1 aliphatic heterocycles. The average molecular weight is 486 g/mol. The lowest BCUT2D eigenvalue weighted by Crippen LogP contribution is -2.64. The van der Waals surface area contributed by atoms with Gasteiger partial charge < -0.3 is 20.1 Å². The van der Waals surface area contributed by atoms with Gasteiger partial charge in [0.05, 0.1) is 12.9 Å². The van der Waals surface area contributed by atoms with Gasteiger partial charge in [0.1, 0.15) is 11.2 Å². The quantitative estimate of drug-likeness (QED) is 0.538. The molecular weight excluding hydrogens is 454 g/mol. The molecule has 1 saturated carbocycles. The van der Waals surface area contributed by atoms with Crippen LogP contribution in [-0.2, 0) is 24.4 Å². The Hall–Kier alpha value is -3.94. The molecule has 1 aromatic heterocycles. The molecule has 0 unspecified atom stereocenters. The van der Waals surface area contributed by atoms with Crippen molar-refractivity contribution in [1.29, 1.82) is 0 Å². The molecule has 2 aromatic carbocycles. The van der Waals surface area contributed by atoms with E-state index in [1.165, 1.54) is 6.33 Å². The maximum Gasteiger partial charge on any atom is 0.274 e. The Labute approximate surface area is 210 Å². The van der Waals surface area contributed by atoms with Crippen molar-refractivity contribution >= 4 is 17.7 Å². The lowest BCUT2D eigenvalue weighted by Gasteiger charge is -2.44. The normalized spacial score (nSPS) is 19.1. The first-order valence-electron chi connectivity index (χ1n) is 12.3. The molecule has 186 valence electrons. The van der Waals surface area contributed by atoms with E-state index < -0.39 is 11.4 Å². The van der Waals surface area contributed by atoms with Gasteiger partial charge in [0.25, 0.3) is 11.8 Å². The number of nitrogens with one attached hydrogen (secondary N) is 2. The summed E-state index contributed by atoms with van der Waals surface area (Å²) in [5.41, 5.74) is 3.49. The smallest absolute Gasteiger partial charge is 0.274 e. The number of nitrogens with zero attached hydrogens (tertiary/aromatic N) is 3. The SMILES string of the molecule is Cc1ccc(CNC(=O)[C@]2(C)Cn3cnc(C(=O)NCc4cccc(C)c4)c3C(=O)N2C2CC2)cc1. The monoisotopic (exact) mass is 485 g/mol. The molecule has 3 amide bonds. The first kappa shape index (κ1) is 23.8. The third-order valence-electron chi connectivity index (χ3n) is 6.99. The van der Waals surface area contributed by atoms with Gasteiger partial charge in [0.15, 0.2) is 5.69 Å². The molecule has 8 nitrogen and oxygen atoms in total. The fourth-order valence-electron chi connectivity index (χ4n) is 4.89. The van der Waals surface area contributed by atoms with Crippen LogP contribution in [0.1, 0.15) is 63.0 Å². The number of amides is 3. The summed E-state index contributed by atoms with van der Waals surface area (Å²) in [6, 6.07) is 15.9. The summed E-state index contributed by atoms with van der Waals surface area (Å²) in [4.78, 5) is 46.2. The number of fused-ring (bicyclic) bond motifs is 1. The van der Waals surface area contributed by atoms with Crippen LogP contribution in [0.25, 0.3) is 0 Å². The van der Waals surface area contributed by atoms with Crippen molar-refractivity contribution in [3.8, 4) is 0 Å². The highest BCUT2D eigenvalue weighted by Gasteiger charge is 2.53. The second-order valence-corrected chi connectivity index (χ2v) is 10.1. The molecule has 8 heteroatoms.